The average Bonchev–Trinajstić information content (AvgIpc) is 2.99. The van der Waals surface area contributed by atoms with E-state index in [-0.39, 0.29) is 27.8 Å². The van der Waals surface area contributed by atoms with E-state index in [1.807, 2.05) is 39.8 Å². The molecule has 5 rings (SSSR count). The van der Waals surface area contributed by atoms with Gasteiger partial charge in [-0.05, 0) is 73.9 Å². The van der Waals surface area contributed by atoms with Crippen LogP contribution in [0.3, 0.4) is 0 Å². The van der Waals surface area contributed by atoms with E-state index in [1.54, 1.807) is 72.8 Å². The van der Waals surface area contributed by atoms with E-state index >= 15 is 0 Å². The van der Waals surface area contributed by atoms with Gasteiger partial charge >= 0.3 is 5.97 Å². The van der Waals surface area contributed by atoms with Crippen LogP contribution in [-0.2, 0) is 10.0 Å². The molecule has 0 N–H and O–H groups in total. The number of anilines is 1. The lowest BCUT2D eigenvalue weighted by atomic mass is 10.0. The van der Waals surface area contributed by atoms with Gasteiger partial charge in [-0.2, -0.15) is 4.31 Å². The summed E-state index contributed by atoms with van der Waals surface area (Å²) >= 11 is 0. The number of esters is 1. The van der Waals surface area contributed by atoms with Crippen LogP contribution in [-0.4, -0.2) is 20.3 Å². The standard InChI is InChI=1S/C35H31NO5S/c1-23(2)26-17-19-29(20-18-26)42(39,40)36(34(37)27-13-9-24(3)10-14-27)32-21-22-33(31-8-6-5-7-30(31)32)41-35(38)28-15-11-25(4)12-16-28/h5-23H,1-4H3. The largest absolute Gasteiger partial charge is 0.422 e. The van der Waals surface area contributed by atoms with Crippen LogP contribution in [0.2, 0.25) is 0 Å². The Balaban J connectivity index is 1.65. The number of aryl methyl sites for hydroxylation is 2. The van der Waals surface area contributed by atoms with Crippen molar-refractivity contribution in [2.24, 2.45) is 0 Å². The van der Waals surface area contributed by atoms with Crippen LogP contribution >= 0.6 is 0 Å². The summed E-state index contributed by atoms with van der Waals surface area (Å²) in [5.41, 5.74) is 3.70. The fourth-order valence-electron chi connectivity index (χ4n) is 4.66. The van der Waals surface area contributed by atoms with Crippen LogP contribution in [0.1, 0.15) is 57.2 Å². The maximum Gasteiger partial charge on any atom is 0.343 e. The highest BCUT2D eigenvalue weighted by Crippen LogP contribution is 2.37. The maximum absolute atomic E-state index is 14.2. The molecule has 0 spiro atoms. The Morgan fingerprint density at radius 3 is 1.79 bits per heavy atom. The van der Waals surface area contributed by atoms with Gasteiger partial charge in [0.1, 0.15) is 5.75 Å². The van der Waals surface area contributed by atoms with Gasteiger partial charge in [-0.1, -0.05) is 85.6 Å². The summed E-state index contributed by atoms with van der Waals surface area (Å²) < 4.78 is 35.1. The minimum absolute atomic E-state index is 0.00804. The zero-order valence-electron chi connectivity index (χ0n) is 23.9. The molecule has 0 saturated heterocycles. The minimum Gasteiger partial charge on any atom is -0.422 e. The number of fused-ring (bicyclic) bond motifs is 1. The van der Waals surface area contributed by atoms with Crippen molar-refractivity contribution >= 4 is 38.4 Å². The third-order valence-electron chi connectivity index (χ3n) is 7.14. The van der Waals surface area contributed by atoms with E-state index in [9.17, 15) is 18.0 Å². The van der Waals surface area contributed by atoms with Gasteiger partial charge in [0.15, 0.2) is 0 Å². The monoisotopic (exact) mass is 577 g/mol. The normalized spacial score (nSPS) is 11.5. The number of benzene rings is 5. The topological polar surface area (TPSA) is 80.8 Å². The molecule has 0 aliphatic carbocycles. The first-order chi connectivity index (χ1) is 20.1. The second-order valence-electron chi connectivity index (χ2n) is 10.5. The SMILES string of the molecule is Cc1ccc(C(=O)Oc2ccc(N(C(=O)c3ccc(C)cc3)S(=O)(=O)c3ccc(C(C)C)cc3)c3ccccc23)cc1. The van der Waals surface area contributed by atoms with E-state index in [4.69, 9.17) is 4.74 Å². The number of amides is 1. The Kier molecular flexibility index (Phi) is 7.96. The number of sulfonamides is 1. The Morgan fingerprint density at radius 1 is 0.667 bits per heavy atom. The number of hydrogen-bond acceptors (Lipinski definition) is 5. The van der Waals surface area contributed by atoms with Gasteiger partial charge in [-0.25, -0.2) is 13.2 Å². The van der Waals surface area contributed by atoms with Gasteiger partial charge < -0.3 is 4.74 Å². The quantitative estimate of drug-likeness (QED) is 0.145. The number of nitrogens with zero attached hydrogens (tertiary/aromatic N) is 1. The number of hydrogen-bond donors (Lipinski definition) is 0. The molecule has 0 aromatic heterocycles. The van der Waals surface area contributed by atoms with Crippen LogP contribution in [0.4, 0.5) is 5.69 Å². The molecule has 0 heterocycles. The Hall–Kier alpha value is -4.75. The molecular formula is C35H31NO5S. The molecule has 42 heavy (non-hydrogen) atoms. The lowest BCUT2D eigenvalue weighted by Crippen LogP contribution is -2.37. The first-order valence-corrected chi connectivity index (χ1v) is 15.1. The van der Waals surface area contributed by atoms with E-state index in [0.29, 0.717) is 16.3 Å². The van der Waals surface area contributed by atoms with Crippen LogP contribution < -0.4 is 9.04 Å². The predicted octanol–water partition coefficient (Wildman–Crippen LogP) is 7.83. The molecule has 0 saturated carbocycles. The molecule has 5 aromatic carbocycles. The summed E-state index contributed by atoms with van der Waals surface area (Å²) in [6, 6.07) is 30.3. The maximum atomic E-state index is 14.2. The van der Waals surface area contributed by atoms with Crippen molar-refractivity contribution in [1.82, 2.24) is 0 Å². The molecule has 0 atom stereocenters. The van der Waals surface area contributed by atoms with Gasteiger partial charge in [0, 0.05) is 16.3 Å². The summed E-state index contributed by atoms with van der Waals surface area (Å²) in [7, 11) is -4.35. The molecule has 5 aromatic rings. The highest BCUT2D eigenvalue weighted by Gasteiger charge is 2.33. The number of carbonyl (C=O) groups is 2. The van der Waals surface area contributed by atoms with Crippen molar-refractivity contribution < 1.29 is 22.7 Å². The van der Waals surface area contributed by atoms with Crippen molar-refractivity contribution in [3.63, 3.8) is 0 Å². The smallest absolute Gasteiger partial charge is 0.343 e. The molecule has 0 fully saturated rings. The summed E-state index contributed by atoms with van der Waals surface area (Å²) in [5.74, 6) is -0.775. The van der Waals surface area contributed by atoms with Crippen molar-refractivity contribution in [3.8, 4) is 5.75 Å². The molecule has 212 valence electrons. The molecule has 0 bridgehead atoms. The molecule has 0 aliphatic heterocycles. The van der Waals surface area contributed by atoms with Crippen LogP contribution in [0.25, 0.3) is 10.8 Å². The van der Waals surface area contributed by atoms with Crippen LogP contribution in [0, 0.1) is 13.8 Å². The van der Waals surface area contributed by atoms with E-state index in [2.05, 4.69) is 0 Å². The first kappa shape index (κ1) is 28.8. The summed E-state index contributed by atoms with van der Waals surface area (Å²) in [6.07, 6.45) is 0. The Bertz CT molecular complexity index is 1880. The van der Waals surface area contributed by atoms with E-state index in [1.165, 1.54) is 24.3 Å². The Labute approximate surface area is 246 Å². The average molecular weight is 578 g/mol. The van der Waals surface area contributed by atoms with E-state index < -0.39 is 21.9 Å². The lowest BCUT2D eigenvalue weighted by Gasteiger charge is -2.25. The van der Waals surface area contributed by atoms with Gasteiger partial charge in [0.05, 0.1) is 16.1 Å². The highest BCUT2D eigenvalue weighted by atomic mass is 32.2. The van der Waals surface area contributed by atoms with Crippen molar-refractivity contribution in [2.45, 2.75) is 38.5 Å². The van der Waals surface area contributed by atoms with Crippen LogP contribution in [0.5, 0.6) is 5.75 Å². The van der Waals surface area contributed by atoms with Gasteiger partial charge in [-0.3, -0.25) is 4.79 Å². The molecule has 0 radical (unpaired) electrons. The second-order valence-corrected chi connectivity index (χ2v) is 12.3. The van der Waals surface area contributed by atoms with Crippen molar-refractivity contribution in [2.75, 3.05) is 4.31 Å². The molecule has 1 amide bonds. The molecule has 7 heteroatoms. The zero-order chi connectivity index (χ0) is 30.0. The summed E-state index contributed by atoms with van der Waals surface area (Å²) in [5, 5.41) is 0.928. The minimum atomic E-state index is -4.35. The molecule has 0 aliphatic rings. The number of ether oxygens (including phenoxy) is 1. The molecular weight excluding hydrogens is 546 g/mol. The van der Waals surface area contributed by atoms with Crippen molar-refractivity contribution in [1.29, 1.82) is 0 Å². The lowest BCUT2D eigenvalue weighted by molar-refractivity contribution is 0.0736. The fraction of sp³-hybridized carbons (Fsp3) is 0.143. The Morgan fingerprint density at radius 2 is 1.21 bits per heavy atom. The number of carbonyl (C=O) groups excluding carboxylic acids is 2. The highest BCUT2D eigenvalue weighted by molar-refractivity contribution is 7.93. The van der Waals surface area contributed by atoms with Crippen molar-refractivity contribution in [3.05, 3.63) is 137 Å². The zero-order valence-corrected chi connectivity index (χ0v) is 24.7. The fourth-order valence-corrected chi connectivity index (χ4v) is 6.09. The first-order valence-electron chi connectivity index (χ1n) is 13.6. The van der Waals surface area contributed by atoms with Gasteiger partial charge in [0.2, 0.25) is 0 Å². The van der Waals surface area contributed by atoms with Gasteiger partial charge in [0.25, 0.3) is 15.9 Å². The molecule has 6 nitrogen and oxygen atoms in total. The second kappa shape index (κ2) is 11.6. The van der Waals surface area contributed by atoms with E-state index in [0.717, 1.165) is 21.0 Å². The summed E-state index contributed by atoms with van der Waals surface area (Å²) in [6.45, 7) is 7.87. The number of rotatable bonds is 7. The molecule has 0 unspecified atom stereocenters. The van der Waals surface area contributed by atoms with Crippen LogP contribution in [0.15, 0.2) is 114 Å². The van der Waals surface area contributed by atoms with Gasteiger partial charge in [-0.15, -0.1) is 0 Å². The third-order valence-corrected chi connectivity index (χ3v) is 8.85. The predicted molar refractivity (Wildman–Crippen MR) is 166 cm³/mol. The summed E-state index contributed by atoms with van der Waals surface area (Å²) in [4.78, 5) is 27.0. The third kappa shape index (κ3) is 5.69.